The molecule has 137 heavy (non-hydrogen) atoms. The van der Waals surface area contributed by atoms with Crippen LogP contribution in [-0.2, 0) is 107 Å². The standard InChI is InChI=1S/C93H129N23O20S/c1-9-11-27-72-85(129)104-63(26-19-35-99-93(96)97)81(125)111-71(80(124)102-46-77(95)121)49-137-50-78(122)103-67(38-53-30-32-57(118)33-31-53)88(132)112(6)52(5)79(123)107-69(43-76(94)120)90(134)115-36-20-29-73(115)86(130)106-65(41-56-21-17-18-34-98-56)83(127)108-66(37-51(3)4)91(135)116-47-58(119)42-75(116)87(131)105-64(39-54-44-100-61-24-15-13-22-59(54)61)82(126)110-70(48-117)84(128)109-68(40-55-45-101-62-25-16-14-23-60(55)62)89(133)114(8)74(28-12-10-2)92(136)113(72)7/h13-18,21-25,30-34,44-45,51-52,58,63-75,100-101,117-119H,9-12,19-20,26-29,35-43,46-50H2,1-8H3,(H2,94,120)(H2,95,121)(H,102,124)(H,103,122)(H,104,129)(H,105,131)(H,106,130)(H,107,123)(H,108,127)(H,109,128)(H,110,126)(H,111,125)(H4,96,97,99)/t52-,58+,63-,64-,65-,66-,67-,68-,69-,70-,71-,72-,73-,74-,75-/m0/s1. The van der Waals surface area contributed by atoms with E-state index < -0.39 is 241 Å². The van der Waals surface area contributed by atoms with Gasteiger partial charge in [0.15, 0.2) is 5.96 Å². The zero-order valence-electron chi connectivity index (χ0n) is 78.2. The molecule has 44 heteroatoms. The highest BCUT2D eigenvalue weighted by Crippen LogP contribution is 2.28. The highest BCUT2D eigenvalue weighted by atomic mass is 32.2. The Morgan fingerprint density at radius 1 is 0.540 bits per heavy atom. The number of nitrogens with two attached hydrogens (primary N) is 3. The normalized spacial score (nSPS) is 24.5. The zero-order valence-corrected chi connectivity index (χ0v) is 79.0. The molecule has 0 saturated carbocycles. The smallest absolute Gasteiger partial charge is 0.246 e. The van der Waals surface area contributed by atoms with Crippen LogP contribution in [0.2, 0.25) is 0 Å². The number of hydrogen-bond acceptors (Lipinski definition) is 23. The van der Waals surface area contributed by atoms with Gasteiger partial charge in [0.1, 0.15) is 90.3 Å². The number of aromatic hydroxyl groups is 1. The number of likely N-dealkylation sites (N-methyl/N-ethyl adjacent to an activating group) is 3. The van der Waals surface area contributed by atoms with Gasteiger partial charge in [0.2, 0.25) is 100 Å². The Hall–Kier alpha value is -13.8. The maximum Gasteiger partial charge on any atom is 0.246 e. The first-order chi connectivity index (χ1) is 65.3. The fraction of sp³-hybridized carbons (Fsp3) is 0.516. The Balaban J connectivity index is 1.11. The van der Waals surface area contributed by atoms with Crippen LogP contribution in [0.1, 0.15) is 140 Å². The number of unbranched alkanes of at least 4 members (excludes halogenated alkanes) is 2. The summed E-state index contributed by atoms with van der Waals surface area (Å²) < 4.78 is 0. The van der Waals surface area contributed by atoms with Gasteiger partial charge in [0.25, 0.3) is 0 Å². The number of phenolic OH excluding ortho intramolecular Hbond substituents is 1. The average molecular weight is 1920 g/mol. The molecule has 23 N–H and O–H groups in total. The van der Waals surface area contributed by atoms with E-state index in [0.717, 1.165) is 36.3 Å². The van der Waals surface area contributed by atoms with Crippen LogP contribution in [0.4, 0.5) is 0 Å². The fourth-order valence-corrected chi connectivity index (χ4v) is 17.8. The van der Waals surface area contributed by atoms with Crippen molar-refractivity contribution in [2.24, 2.45) is 23.1 Å². The van der Waals surface area contributed by atoms with Crippen molar-refractivity contribution in [2.75, 3.05) is 65.4 Å². The lowest BCUT2D eigenvalue weighted by atomic mass is 10.00. The number of fused-ring (bicyclic) bond motifs is 4. The minimum absolute atomic E-state index is 0.0132. The number of aliphatic hydroxyl groups excluding tert-OH is 2. The van der Waals surface area contributed by atoms with Gasteiger partial charge >= 0.3 is 0 Å². The summed E-state index contributed by atoms with van der Waals surface area (Å²) in [5.41, 5.74) is 19.7. The molecule has 6 heterocycles. The maximum atomic E-state index is 15.8. The summed E-state index contributed by atoms with van der Waals surface area (Å²) in [4.78, 5) is 267. The average Bonchev–Trinajstić information content (AvgIpc) is 1.67. The van der Waals surface area contributed by atoms with Crippen molar-refractivity contribution in [2.45, 2.75) is 234 Å². The summed E-state index contributed by atoms with van der Waals surface area (Å²) in [6.45, 7) is 6.01. The fourth-order valence-electron chi connectivity index (χ4n) is 16.9. The summed E-state index contributed by atoms with van der Waals surface area (Å²) >= 11 is 0.761. The second-order valence-corrected chi connectivity index (χ2v) is 36.3. The van der Waals surface area contributed by atoms with Crippen molar-refractivity contribution in [3.05, 3.63) is 132 Å². The number of primary amides is 2. The minimum Gasteiger partial charge on any atom is -0.508 e. The maximum absolute atomic E-state index is 15.8. The number of nitrogens with one attached hydrogen (secondary N) is 14. The molecule has 3 aliphatic heterocycles. The van der Waals surface area contributed by atoms with E-state index in [1.807, 2.05) is 13.8 Å². The summed E-state index contributed by atoms with van der Waals surface area (Å²) in [5.74, 6) is -18.1. The molecule has 0 bridgehead atoms. The van der Waals surface area contributed by atoms with E-state index in [-0.39, 0.29) is 101 Å². The van der Waals surface area contributed by atoms with Gasteiger partial charge in [-0.05, 0) is 111 Å². The summed E-state index contributed by atoms with van der Waals surface area (Å²) in [6, 6.07) is 2.50. The van der Waals surface area contributed by atoms with Gasteiger partial charge in [-0.1, -0.05) is 108 Å². The molecule has 742 valence electrons. The minimum atomic E-state index is -1.90. The third-order valence-electron chi connectivity index (χ3n) is 24.5. The Labute approximate surface area is 796 Å². The lowest BCUT2D eigenvalue weighted by molar-refractivity contribution is -0.149. The van der Waals surface area contributed by atoms with Gasteiger partial charge in [-0.25, -0.2) is 0 Å². The van der Waals surface area contributed by atoms with E-state index in [1.54, 1.807) is 93.0 Å². The number of guanidine groups is 1. The monoisotopic (exact) mass is 1920 g/mol. The van der Waals surface area contributed by atoms with Crippen LogP contribution < -0.4 is 75.7 Å². The predicted octanol–water partition coefficient (Wildman–Crippen LogP) is -2.26. The SMILES string of the molecule is CCCC[C@H]1C(=O)N(C)[C@@H](CCCC)C(=O)N[C@@H](CCCNC(=N)N)C(=O)N[C@H](C(=O)NCC(N)=O)CSCC(=O)N[C@@H](Cc2ccc(O)cc2)C(=O)N(C)[C@@H](C)C(=O)N[C@@H](CC(N)=O)C(=O)N2CCC[C@H]2C(=O)N[C@@H](Cc2ccccn2)C(=O)N[C@@H](CC(C)C)C(=O)N2C[C@H](O)C[C@H]2C(=O)N[C@@H](Cc2c[nH]c3ccccc23)C(=O)N[C@@H](CO)C(=O)N[C@@H](Cc2c[nH]c3ccccc23)C(=O)N1C. The molecule has 0 unspecified atom stereocenters. The van der Waals surface area contributed by atoms with Crippen molar-refractivity contribution in [3.8, 4) is 5.75 Å². The first kappa shape index (κ1) is 107. The van der Waals surface area contributed by atoms with Gasteiger partial charge in [0, 0.05) is 125 Å². The second kappa shape index (κ2) is 51.2. The first-order valence-corrected chi connectivity index (χ1v) is 47.2. The van der Waals surface area contributed by atoms with Crippen LogP contribution >= 0.6 is 11.8 Å². The van der Waals surface area contributed by atoms with E-state index >= 15 is 38.4 Å². The molecule has 43 nitrogen and oxygen atoms in total. The van der Waals surface area contributed by atoms with Crippen LogP contribution in [0.3, 0.4) is 0 Å². The molecule has 17 amide bonds. The lowest BCUT2D eigenvalue weighted by Gasteiger charge is -2.36. The number of pyridine rings is 1. The van der Waals surface area contributed by atoms with Crippen LogP contribution in [0.25, 0.3) is 21.8 Å². The number of H-pyrrole nitrogens is 2. The van der Waals surface area contributed by atoms with Crippen molar-refractivity contribution in [1.82, 2.24) is 97.9 Å². The molecule has 3 aromatic heterocycles. The molecule has 0 spiro atoms. The summed E-state index contributed by atoms with van der Waals surface area (Å²) in [5, 5.41) is 71.2. The third-order valence-corrected chi connectivity index (χ3v) is 25.5. The molecule has 9 rings (SSSR count). The lowest BCUT2D eigenvalue weighted by Crippen LogP contribution is -2.62. The van der Waals surface area contributed by atoms with Crippen molar-refractivity contribution in [3.63, 3.8) is 0 Å². The van der Waals surface area contributed by atoms with E-state index in [0.29, 0.717) is 64.2 Å². The van der Waals surface area contributed by atoms with Crippen LogP contribution in [0.15, 0.2) is 110 Å². The van der Waals surface area contributed by atoms with Gasteiger partial charge in [-0.3, -0.25) is 91.9 Å². The molecule has 15 atom stereocenters. The largest absolute Gasteiger partial charge is 0.508 e. The molecule has 3 aromatic carbocycles. The summed E-state index contributed by atoms with van der Waals surface area (Å²) in [7, 11) is 3.90. The number of nitrogens with zero attached hydrogens (tertiary/aromatic N) is 6. The number of aromatic amines is 2. The van der Waals surface area contributed by atoms with Crippen molar-refractivity contribution in [1.29, 1.82) is 5.41 Å². The molecule has 3 fully saturated rings. The predicted molar refractivity (Wildman–Crippen MR) is 505 cm³/mol. The number of carbonyl (C=O) groups excluding carboxylic acids is 17. The zero-order chi connectivity index (χ0) is 100. The first-order valence-electron chi connectivity index (χ1n) is 46.0. The number of carbonyl (C=O) groups is 17. The Kier molecular flexibility index (Phi) is 40.0. The van der Waals surface area contributed by atoms with Gasteiger partial charge in [0.05, 0.1) is 31.4 Å². The number of para-hydroxylation sites is 2. The topological polar surface area (TPSA) is 646 Å². The molecule has 0 radical (unpaired) electrons. The molecule has 3 saturated heterocycles. The van der Waals surface area contributed by atoms with Crippen LogP contribution in [0.5, 0.6) is 5.75 Å². The number of aromatic nitrogens is 3. The Bertz CT molecular complexity index is 5290. The van der Waals surface area contributed by atoms with E-state index in [9.17, 15) is 58.5 Å². The Morgan fingerprint density at radius 3 is 1.67 bits per heavy atom. The highest BCUT2D eigenvalue weighted by Gasteiger charge is 2.47. The van der Waals surface area contributed by atoms with Crippen molar-refractivity contribution < 1.29 is 96.8 Å². The van der Waals surface area contributed by atoms with E-state index in [1.165, 1.54) is 58.5 Å². The van der Waals surface area contributed by atoms with Gasteiger partial charge < -0.3 is 125 Å². The highest BCUT2D eigenvalue weighted by molar-refractivity contribution is 8.00. The van der Waals surface area contributed by atoms with Crippen LogP contribution in [0, 0.1) is 11.3 Å². The number of phenols is 1. The number of amides is 17. The molecular formula is C93H129N23O20S. The van der Waals surface area contributed by atoms with Crippen LogP contribution in [-0.4, -0.2) is 317 Å². The summed E-state index contributed by atoms with van der Waals surface area (Å²) in [6.07, 6.45) is 2.37. The second-order valence-electron chi connectivity index (χ2n) is 35.2. The van der Waals surface area contributed by atoms with Gasteiger partial charge in [-0.2, -0.15) is 0 Å². The number of benzene rings is 3. The van der Waals surface area contributed by atoms with E-state index in [2.05, 4.69) is 73.4 Å². The molecule has 3 aliphatic rings. The number of aliphatic hydroxyl groups is 2. The quantitative estimate of drug-likeness (QED) is 0.0155. The Morgan fingerprint density at radius 2 is 1.07 bits per heavy atom. The van der Waals surface area contributed by atoms with Gasteiger partial charge in [-0.15, -0.1) is 11.8 Å². The molecule has 0 aliphatic carbocycles. The number of thioether (sulfide) groups is 1. The molecular weight excluding hydrogens is 1790 g/mol. The van der Waals surface area contributed by atoms with Crippen molar-refractivity contribution >= 4 is 140 Å². The molecule has 6 aromatic rings. The third kappa shape index (κ3) is 30.1. The number of hydrogen-bond donors (Lipinski definition) is 20. The number of rotatable bonds is 26. The van der Waals surface area contributed by atoms with E-state index in [4.69, 9.17) is 22.6 Å².